The molecule has 0 spiro atoms. The number of ether oxygens (including phenoxy) is 8. The highest BCUT2D eigenvalue weighted by Gasteiger charge is 2.25. The predicted molar refractivity (Wildman–Crippen MR) is 193 cm³/mol. The number of carbonyl (C=O) groups excluding carboxylic acids is 1. The number of benzene rings is 4. The van der Waals surface area contributed by atoms with E-state index in [-0.39, 0.29) is 5.91 Å². The number of methoxy groups -OCH3 is 6. The van der Waals surface area contributed by atoms with Gasteiger partial charge in [0, 0.05) is 10.7 Å². The molecular formula is C38H41ClN2O9. The van der Waals surface area contributed by atoms with Crippen LogP contribution in [-0.4, -0.2) is 61.8 Å². The molecule has 0 fully saturated rings. The van der Waals surface area contributed by atoms with Crippen molar-refractivity contribution in [1.29, 1.82) is 0 Å². The normalized spacial score (nSPS) is 13.5. The zero-order valence-electron chi connectivity index (χ0n) is 28.9. The molecule has 0 aliphatic carbocycles. The van der Waals surface area contributed by atoms with E-state index in [4.69, 9.17) is 49.5 Å². The van der Waals surface area contributed by atoms with Crippen molar-refractivity contribution in [3.05, 3.63) is 87.9 Å². The monoisotopic (exact) mass is 704 g/mol. The molecule has 12 heteroatoms. The number of unbranched alkanes of at least 4 members (excludes halogenated alkanes) is 1. The summed E-state index contributed by atoms with van der Waals surface area (Å²) < 4.78 is 45.4. The Morgan fingerprint density at radius 1 is 0.600 bits per heavy atom. The van der Waals surface area contributed by atoms with Gasteiger partial charge in [-0.05, 0) is 84.1 Å². The van der Waals surface area contributed by atoms with Crippen LogP contribution < -0.4 is 48.5 Å². The summed E-state index contributed by atoms with van der Waals surface area (Å²) in [6, 6.07) is 18.2. The van der Waals surface area contributed by atoms with E-state index in [0.29, 0.717) is 75.5 Å². The topological polar surface area (TPSA) is 115 Å². The number of nitrogens with one attached hydrogen (secondary N) is 2. The Balaban J connectivity index is 1.16. The van der Waals surface area contributed by atoms with Crippen molar-refractivity contribution in [2.75, 3.05) is 61.2 Å². The number of halogens is 1. The highest BCUT2D eigenvalue weighted by molar-refractivity contribution is 6.31. The van der Waals surface area contributed by atoms with E-state index in [2.05, 4.69) is 10.6 Å². The van der Waals surface area contributed by atoms with E-state index >= 15 is 0 Å². The lowest BCUT2D eigenvalue weighted by atomic mass is 10.1. The van der Waals surface area contributed by atoms with Crippen LogP contribution in [0.3, 0.4) is 0 Å². The van der Waals surface area contributed by atoms with Crippen LogP contribution in [0.4, 0.5) is 5.69 Å². The summed E-state index contributed by atoms with van der Waals surface area (Å²) in [6.45, 7) is 0.872. The lowest BCUT2D eigenvalue weighted by Crippen LogP contribution is -2.38. The van der Waals surface area contributed by atoms with E-state index in [0.717, 1.165) is 29.5 Å². The molecule has 264 valence electrons. The van der Waals surface area contributed by atoms with Gasteiger partial charge in [0.1, 0.15) is 6.17 Å². The van der Waals surface area contributed by atoms with E-state index < -0.39 is 6.17 Å². The molecule has 1 aliphatic rings. The Hall–Kier alpha value is -5.42. The smallest absolute Gasteiger partial charge is 0.255 e. The van der Waals surface area contributed by atoms with Crippen molar-refractivity contribution in [2.24, 2.45) is 0 Å². The molecule has 1 unspecified atom stereocenters. The first-order chi connectivity index (χ1) is 24.3. The van der Waals surface area contributed by atoms with Gasteiger partial charge in [0.05, 0.1) is 61.4 Å². The van der Waals surface area contributed by atoms with E-state index in [1.807, 2.05) is 54.6 Å². The van der Waals surface area contributed by atoms with Crippen LogP contribution in [0.25, 0.3) is 12.2 Å². The Morgan fingerprint density at radius 2 is 1.16 bits per heavy atom. The molecule has 5 rings (SSSR count). The van der Waals surface area contributed by atoms with Gasteiger partial charge >= 0.3 is 0 Å². The largest absolute Gasteiger partial charge is 0.493 e. The molecule has 0 aromatic heterocycles. The first-order valence-electron chi connectivity index (χ1n) is 15.9. The lowest BCUT2D eigenvalue weighted by Gasteiger charge is -2.28. The molecule has 1 aliphatic heterocycles. The summed E-state index contributed by atoms with van der Waals surface area (Å²) in [6.07, 6.45) is 4.88. The highest BCUT2D eigenvalue weighted by Crippen LogP contribution is 2.41. The fourth-order valence-corrected chi connectivity index (χ4v) is 5.64. The van der Waals surface area contributed by atoms with Gasteiger partial charge in [0.15, 0.2) is 34.5 Å². The van der Waals surface area contributed by atoms with Gasteiger partial charge in [-0.3, -0.25) is 4.79 Å². The third kappa shape index (κ3) is 8.23. The van der Waals surface area contributed by atoms with Crippen LogP contribution in [-0.2, 0) is 0 Å². The van der Waals surface area contributed by atoms with Crippen LogP contribution in [0.1, 0.15) is 46.1 Å². The fourth-order valence-electron chi connectivity index (χ4n) is 5.47. The van der Waals surface area contributed by atoms with Gasteiger partial charge in [-0.1, -0.05) is 29.8 Å². The number of fused-ring (bicyclic) bond motifs is 1. The average Bonchev–Trinajstić information content (AvgIpc) is 3.14. The van der Waals surface area contributed by atoms with Crippen LogP contribution in [0.5, 0.6) is 46.0 Å². The lowest BCUT2D eigenvalue weighted by molar-refractivity contribution is 0.0935. The van der Waals surface area contributed by atoms with E-state index in [9.17, 15) is 4.79 Å². The highest BCUT2D eigenvalue weighted by atomic mass is 35.5. The molecule has 50 heavy (non-hydrogen) atoms. The van der Waals surface area contributed by atoms with Crippen molar-refractivity contribution in [3.63, 3.8) is 0 Å². The summed E-state index contributed by atoms with van der Waals surface area (Å²) in [4.78, 5) is 12.7. The minimum atomic E-state index is -0.433. The van der Waals surface area contributed by atoms with Crippen LogP contribution in [0.2, 0.25) is 5.02 Å². The Bertz CT molecular complexity index is 1800. The van der Waals surface area contributed by atoms with Crippen molar-refractivity contribution >= 4 is 35.3 Å². The first kappa shape index (κ1) is 35.9. The standard InChI is InChI=1S/C38H41ClN2O9/c1-43-30-21-25(37-40-28-13-12-26(39)22-27(28)38(42)41-37)11-14-29(30)49-15-7-8-16-50-36-33(46-4)19-24(20-34(36)47-5)10-9-23-17-31(44-2)35(48-6)32(18-23)45-3/h9-14,17-22,37,40H,7-8,15-16H2,1-6H3,(H,41,42)/b10-9+. The Morgan fingerprint density at radius 3 is 1.72 bits per heavy atom. The molecule has 4 aromatic rings. The van der Waals surface area contributed by atoms with Crippen LogP contribution in [0, 0.1) is 0 Å². The Kier molecular flexibility index (Phi) is 12.1. The second kappa shape index (κ2) is 16.8. The Labute approximate surface area is 296 Å². The number of anilines is 1. The van der Waals surface area contributed by atoms with Crippen molar-refractivity contribution in [1.82, 2.24) is 5.32 Å². The summed E-state index contributed by atoms with van der Waals surface area (Å²) in [5.41, 5.74) is 3.74. The molecule has 0 saturated heterocycles. The first-order valence-corrected chi connectivity index (χ1v) is 16.2. The van der Waals surface area contributed by atoms with E-state index in [1.54, 1.807) is 60.9 Å². The number of rotatable bonds is 16. The number of carbonyl (C=O) groups is 1. The third-order valence-electron chi connectivity index (χ3n) is 8.00. The SMILES string of the molecule is COc1cc(C2NC(=O)c3cc(Cl)ccc3N2)ccc1OCCCCOc1c(OC)cc(/C=C/c2cc(OC)c(OC)c(OC)c2)cc1OC. The molecule has 1 heterocycles. The molecule has 1 atom stereocenters. The molecule has 0 bridgehead atoms. The van der Waals surface area contributed by atoms with Crippen molar-refractivity contribution < 1.29 is 42.7 Å². The zero-order chi connectivity index (χ0) is 35.6. The fraction of sp³-hybridized carbons (Fsp3) is 0.289. The minimum Gasteiger partial charge on any atom is -0.493 e. The second-order valence-electron chi connectivity index (χ2n) is 11.1. The average molecular weight is 705 g/mol. The molecule has 0 radical (unpaired) electrons. The molecular weight excluding hydrogens is 664 g/mol. The van der Waals surface area contributed by atoms with Gasteiger partial charge in [-0.2, -0.15) is 0 Å². The summed E-state index contributed by atoms with van der Waals surface area (Å²) in [5.74, 6) is 4.23. The van der Waals surface area contributed by atoms with Crippen LogP contribution in [0.15, 0.2) is 60.7 Å². The maximum atomic E-state index is 12.7. The van der Waals surface area contributed by atoms with Crippen molar-refractivity contribution in [3.8, 4) is 46.0 Å². The summed E-state index contributed by atoms with van der Waals surface area (Å²) >= 11 is 6.06. The molecule has 1 amide bonds. The van der Waals surface area contributed by atoms with Gasteiger partial charge in [0.2, 0.25) is 11.5 Å². The van der Waals surface area contributed by atoms with E-state index in [1.165, 1.54) is 0 Å². The predicted octanol–water partition coefficient (Wildman–Crippen LogP) is 7.65. The molecule has 11 nitrogen and oxygen atoms in total. The maximum absolute atomic E-state index is 12.7. The van der Waals surface area contributed by atoms with Gasteiger partial charge in [-0.25, -0.2) is 0 Å². The molecule has 0 saturated carbocycles. The van der Waals surface area contributed by atoms with Gasteiger partial charge in [0.25, 0.3) is 5.91 Å². The minimum absolute atomic E-state index is 0.205. The second-order valence-corrected chi connectivity index (χ2v) is 11.5. The van der Waals surface area contributed by atoms with Gasteiger partial charge in [-0.15, -0.1) is 0 Å². The maximum Gasteiger partial charge on any atom is 0.255 e. The number of amides is 1. The number of hydrogen-bond acceptors (Lipinski definition) is 10. The quantitative estimate of drug-likeness (QED) is 0.0890. The molecule has 4 aromatic carbocycles. The summed E-state index contributed by atoms with van der Waals surface area (Å²) in [5, 5.41) is 6.79. The third-order valence-corrected chi connectivity index (χ3v) is 8.24. The zero-order valence-corrected chi connectivity index (χ0v) is 29.6. The number of hydrogen-bond donors (Lipinski definition) is 2. The van der Waals surface area contributed by atoms with Crippen molar-refractivity contribution in [2.45, 2.75) is 19.0 Å². The van der Waals surface area contributed by atoms with Gasteiger partial charge < -0.3 is 48.5 Å². The van der Waals surface area contributed by atoms with Crippen LogP contribution >= 0.6 is 11.6 Å². The molecule has 2 N–H and O–H groups in total. The summed E-state index contributed by atoms with van der Waals surface area (Å²) in [7, 11) is 9.50.